The van der Waals surface area contributed by atoms with Gasteiger partial charge in [-0.3, -0.25) is 29.8 Å². The first-order chi connectivity index (χ1) is 20.2. The number of carbonyl (C=O) groups is 2. The molecule has 0 spiro atoms. The fraction of sp³-hybridized carbons (Fsp3) is 0.0667. The highest BCUT2D eigenvalue weighted by Crippen LogP contribution is 2.46. The number of rotatable bonds is 9. The van der Waals surface area contributed by atoms with Crippen molar-refractivity contribution in [2.24, 2.45) is 0 Å². The number of ketones is 2. The average Bonchev–Trinajstić information content (AvgIpc) is 3.31. The van der Waals surface area contributed by atoms with E-state index in [-0.39, 0.29) is 50.4 Å². The molecule has 12 nitrogen and oxygen atoms in total. The SMILES string of the molecule is COc1ccc(-n2c(-c3cccc([N+](=O)[O-])c3)c(O)c3c(C(=O)C(=O)c4cccc([N+](=O)[O-])c4)c(OC)ccc32)cc1. The second kappa shape index (κ2) is 10.8. The lowest BCUT2D eigenvalue weighted by molar-refractivity contribution is -0.385. The lowest BCUT2D eigenvalue weighted by atomic mass is 9.96. The maximum Gasteiger partial charge on any atom is 0.270 e. The summed E-state index contributed by atoms with van der Waals surface area (Å²) in [5, 5.41) is 34.5. The number of non-ortho nitro benzene ring substituents is 2. The number of hydrogen-bond acceptors (Lipinski definition) is 9. The van der Waals surface area contributed by atoms with Gasteiger partial charge in [0.1, 0.15) is 17.2 Å². The van der Waals surface area contributed by atoms with Crippen molar-refractivity contribution < 1.29 is 34.0 Å². The zero-order chi connectivity index (χ0) is 30.1. The number of carbonyl (C=O) groups excluding carboxylic acids is 2. The van der Waals surface area contributed by atoms with Gasteiger partial charge in [0.25, 0.3) is 11.4 Å². The largest absolute Gasteiger partial charge is 0.505 e. The van der Waals surface area contributed by atoms with E-state index in [0.717, 1.165) is 6.07 Å². The van der Waals surface area contributed by atoms with E-state index in [1.807, 2.05) is 0 Å². The summed E-state index contributed by atoms with van der Waals surface area (Å²) in [5.74, 6) is -2.05. The number of ether oxygens (including phenoxy) is 2. The predicted octanol–water partition coefficient (Wildman–Crippen LogP) is 5.90. The van der Waals surface area contributed by atoms with E-state index in [2.05, 4.69) is 0 Å². The summed E-state index contributed by atoms with van der Waals surface area (Å²) in [6.45, 7) is 0. The Kier molecular flexibility index (Phi) is 7.11. The highest BCUT2D eigenvalue weighted by atomic mass is 16.6. The van der Waals surface area contributed by atoms with Gasteiger partial charge >= 0.3 is 0 Å². The summed E-state index contributed by atoms with van der Waals surface area (Å²) in [7, 11) is 2.79. The smallest absolute Gasteiger partial charge is 0.270 e. The van der Waals surface area contributed by atoms with Crippen LogP contribution in [0.15, 0.2) is 84.9 Å². The summed E-state index contributed by atoms with van der Waals surface area (Å²) in [6, 6.07) is 20.1. The van der Waals surface area contributed by atoms with Crippen LogP contribution in [0.3, 0.4) is 0 Å². The highest BCUT2D eigenvalue weighted by molar-refractivity contribution is 6.51. The molecule has 0 aliphatic heterocycles. The molecule has 0 aliphatic rings. The first-order valence-electron chi connectivity index (χ1n) is 12.3. The van der Waals surface area contributed by atoms with Gasteiger partial charge in [-0.15, -0.1) is 0 Å². The minimum Gasteiger partial charge on any atom is -0.505 e. The summed E-state index contributed by atoms with van der Waals surface area (Å²) >= 11 is 0. The molecule has 0 amide bonds. The van der Waals surface area contributed by atoms with E-state index in [1.54, 1.807) is 41.0 Å². The standard InChI is InChI=1S/C30H21N3O9/c1-41-22-11-9-19(10-12-22)31-23-13-14-24(42-2)26(30(36)28(34)18-6-4-8-21(16-18)33(39)40)25(23)29(35)27(31)17-5-3-7-20(15-17)32(37)38/h3-16,35H,1-2H3. The van der Waals surface area contributed by atoms with Crippen molar-refractivity contribution in [2.45, 2.75) is 0 Å². The van der Waals surface area contributed by atoms with Crippen LogP contribution in [0.1, 0.15) is 20.7 Å². The van der Waals surface area contributed by atoms with Gasteiger partial charge in [-0.2, -0.15) is 0 Å². The van der Waals surface area contributed by atoms with Crippen LogP contribution in [-0.2, 0) is 0 Å². The highest BCUT2D eigenvalue weighted by Gasteiger charge is 2.31. The molecule has 0 saturated carbocycles. The third-order valence-corrected chi connectivity index (χ3v) is 6.70. The van der Waals surface area contributed by atoms with Crippen LogP contribution in [0.2, 0.25) is 0 Å². The van der Waals surface area contributed by atoms with Crippen molar-refractivity contribution in [3.63, 3.8) is 0 Å². The van der Waals surface area contributed by atoms with Crippen molar-refractivity contribution in [3.05, 3.63) is 116 Å². The van der Waals surface area contributed by atoms with Crippen LogP contribution < -0.4 is 9.47 Å². The van der Waals surface area contributed by atoms with E-state index >= 15 is 0 Å². The van der Waals surface area contributed by atoms with Gasteiger partial charge < -0.3 is 19.1 Å². The predicted molar refractivity (Wildman–Crippen MR) is 152 cm³/mol. The quantitative estimate of drug-likeness (QED) is 0.0987. The number of aromatic hydroxyl groups is 1. The van der Waals surface area contributed by atoms with Crippen LogP contribution in [0, 0.1) is 20.2 Å². The van der Waals surface area contributed by atoms with Gasteiger partial charge in [0.2, 0.25) is 11.6 Å². The molecular formula is C30H21N3O9. The summed E-state index contributed by atoms with van der Waals surface area (Å²) in [5.41, 5.74) is 0.0732. The molecule has 1 N–H and O–H groups in total. The van der Waals surface area contributed by atoms with Gasteiger partial charge in [-0.05, 0) is 36.4 Å². The molecule has 42 heavy (non-hydrogen) atoms. The Balaban J connectivity index is 1.82. The van der Waals surface area contributed by atoms with E-state index in [0.29, 0.717) is 11.4 Å². The molecule has 0 saturated heterocycles. The van der Waals surface area contributed by atoms with E-state index in [4.69, 9.17) is 9.47 Å². The molecule has 0 atom stereocenters. The fourth-order valence-corrected chi connectivity index (χ4v) is 4.78. The first kappa shape index (κ1) is 27.5. The molecule has 210 valence electrons. The second-order valence-corrected chi connectivity index (χ2v) is 9.04. The maximum absolute atomic E-state index is 13.8. The van der Waals surface area contributed by atoms with Gasteiger partial charge in [0.05, 0.1) is 46.2 Å². The van der Waals surface area contributed by atoms with Crippen LogP contribution >= 0.6 is 0 Å². The summed E-state index contributed by atoms with van der Waals surface area (Å²) in [6.07, 6.45) is 0. The topological polar surface area (TPSA) is 164 Å². The Morgan fingerprint density at radius 1 is 0.786 bits per heavy atom. The zero-order valence-corrected chi connectivity index (χ0v) is 22.1. The van der Waals surface area contributed by atoms with E-state index < -0.39 is 27.2 Å². The Bertz CT molecular complexity index is 1910. The van der Waals surface area contributed by atoms with Crippen LogP contribution in [0.25, 0.3) is 27.8 Å². The van der Waals surface area contributed by atoms with Gasteiger partial charge in [0.15, 0.2) is 0 Å². The monoisotopic (exact) mass is 567 g/mol. The number of aromatic nitrogens is 1. The minimum absolute atomic E-state index is 0.0287. The number of benzene rings is 4. The van der Waals surface area contributed by atoms with E-state index in [9.17, 15) is 34.9 Å². The molecule has 0 radical (unpaired) electrons. The summed E-state index contributed by atoms with van der Waals surface area (Å²) in [4.78, 5) is 48.7. The molecule has 5 aromatic rings. The lowest BCUT2D eigenvalue weighted by Gasteiger charge is -2.13. The van der Waals surface area contributed by atoms with Crippen molar-refractivity contribution >= 4 is 33.8 Å². The van der Waals surface area contributed by atoms with Crippen molar-refractivity contribution in [3.8, 4) is 34.2 Å². The normalized spacial score (nSPS) is 10.8. The number of Topliss-reactive ketones (excluding diaryl/α,β-unsaturated/α-hetero) is 2. The van der Waals surface area contributed by atoms with Crippen molar-refractivity contribution in [1.29, 1.82) is 0 Å². The van der Waals surface area contributed by atoms with Gasteiger partial charge in [-0.1, -0.05) is 24.3 Å². The zero-order valence-electron chi connectivity index (χ0n) is 22.1. The van der Waals surface area contributed by atoms with Crippen LogP contribution in [-0.4, -0.2) is 45.3 Å². The van der Waals surface area contributed by atoms with Crippen LogP contribution in [0.4, 0.5) is 11.4 Å². The molecule has 0 fully saturated rings. The third-order valence-electron chi connectivity index (χ3n) is 6.70. The van der Waals surface area contributed by atoms with Gasteiger partial charge in [0, 0.05) is 41.1 Å². The summed E-state index contributed by atoms with van der Waals surface area (Å²) < 4.78 is 12.3. The molecular weight excluding hydrogens is 546 g/mol. The number of fused-ring (bicyclic) bond motifs is 1. The maximum atomic E-state index is 13.8. The molecule has 0 aliphatic carbocycles. The molecule has 0 bridgehead atoms. The molecule has 1 heterocycles. The first-order valence-corrected chi connectivity index (χ1v) is 12.3. The number of nitro benzene ring substituents is 2. The minimum atomic E-state index is -1.08. The number of hydrogen-bond donors (Lipinski definition) is 1. The Morgan fingerprint density at radius 2 is 1.43 bits per heavy atom. The average molecular weight is 568 g/mol. The Labute approximate surface area is 237 Å². The molecule has 4 aromatic carbocycles. The molecule has 12 heteroatoms. The van der Waals surface area contributed by atoms with Crippen molar-refractivity contribution in [2.75, 3.05) is 14.2 Å². The lowest BCUT2D eigenvalue weighted by Crippen LogP contribution is -2.16. The Morgan fingerprint density at radius 3 is 2.05 bits per heavy atom. The Hall–Kier alpha value is -6.04. The van der Waals surface area contributed by atoms with Crippen molar-refractivity contribution in [1.82, 2.24) is 4.57 Å². The molecule has 5 rings (SSSR count). The second-order valence-electron chi connectivity index (χ2n) is 9.04. The number of nitro groups is 2. The molecule has 0 unspecified atom stereocenters. The van der Waals surface area contributed by atoms with Gasteiger partial charge in [-0.25, -0.2) is 0 Å². The fourth-order valence-electron chi connectivity index (χ4n) is 4.78. The molecule has 1 aromatic heterocycles. The number of methoxy groups -OCH3 is 2. The number of nitrogens with zero attached hydrogens (tertiary/aromatic N) is 3. The third kappa shape index (κ3) is 4.66. The van der Waals surface area contributed by atoms with E-state index in [1.165, 1.54) is 56.7 Å². The van der Waals surface area contributed by atoms with Crippen LogP contribution in [0.5, 0.6) is 17.2 Å².